The number of benzene rings is 2. The molecule has 0 radical (unpaired) electrons. The second-order valence-corrected chi connectivity index (χ2v) is 6.12. The van der Waals surface area contributed by atoms with Crippen molar-refractivity contribution in [3.05, 3.63) is 66.1 Å². The van der Waals surface area contributed by atoms with Crippen LogP contribution in [0, 0.1) is 6.92 Å². The van der Waals surface area contributed by atoms with Crippen LogP contribution in [0.2, 0.25) is 0 Å². The van der Waals surface area contributed by atoms with E-state index in [9.17, 15) is 9.59 Å². The van der Waals surface area contributed by atoms with Crippen LogP contribution in [0.1, 0.15) is 18.4 Å². The minimum absolute atomic E-state index is 0.174. The smallest absolute Gasteiger partial charge is 0.328 e. The van der Waals surface area contributed by atoms with E-state index in [0.29, 0.717) is 11.5 Å². The molecule has 3 rings (SSSR count). The maximum atomic E-state index is 12.1. The number of nitrogens with one attached hydrogen (secondary N) is 2. The zero-order valence-corrected chi connectivity index (χ0v) is 15.5. The minimum atomic E-state index is -0.845. The highest BCUT2D eigenvalue weighted by Crippen LogP contribution is 2.19. The molecule has 0 saturated heterocycles. The van der Waals surface area contributed by atoms with Crippen LogP contribution in [0.4, 0.5) is 10.5 Å². The minimum Gasteiger partial charge on any atom is -0.454 e. The summed E-state index contributed by atoms with van der Waals surface area (Å²) >= 11 is 0. The number of hydrogen-bond acceptors (Lipinski definition) is 6. The quantitative estimate of drug-likeness (QED) is 0.636. The van der Waals surface area contributed by atoms with Crippen LogP contribution < -0.4 is 10.6 Å². The summed E-state index contributed by atoms with van der Waals surface area (Å²) in [5.74, 6) is -0.0102. The Bertz CT molecular complexity index is 956. The normalized spacial score (nSPS) is 11.5. The van der Waals surface area contributed by atoms with E-state index in [4.69, 9.17) is 9.26 Å². The van der Waals surface area contributed by atoms with E-state index in [1.54, 1.807) is 24.3 Å². The molecule has 2 amide bonds. The zero-order chi connectivity index (χ0) is 19.9. The predicted molar refractivity (Wildman–Crippen MR) is 102 cm³/mol. The first-order valence-electron chi connectivity index (χ1n) is 8.70. The average Bonchev–Trinajstić information content (AvgIpc) is 3.16. The highest BCUT2D eigenvalue weighted by molar-refractivity contribution is 5.92. The van der Waals surface area contributed by atoms with Gasteiger partial charge in [0.05, 0.1) is 0 Å². The van der Waals surface area contributed by atoms with Crippen molar-refractivity contribution in [2.75, 3.05) is 5.32 Å². The molecular weight excluding hydrogens is 360 g/mol. The molecule has 0 spiro atoms. The number of ether oxygens (including phenoxy) is 1. The van der Waals surface area contributed by atoms with E-state index in [1.165, 1.54) is 6.92 Å². The molecule has 0 bridgehead atoms. The number of esters is 1. The summed E-state index contributed by atoms with van der Waals surface area (Å²) in [6, 6.07) is 15.2. The standard InChI is InChI=1S/C20H20N4O4/c1-13-8-6-7-11-16(13)18-23-17(28-24-18)12-27-19(25)14(2)21-20(26)22-15-9-4-3-5-10-15/h3-11,14H,12H2,1-2H3,(H2,21,22,26)/t14-/m1/s1. The lowest BCUT2D eigenvalue weighted by Gasteiger charge is -2.13. The van der Waals surface area contributed by atoms with E-state index in [0.717, 1.165) is 11.1 Å². The summed E-state index contributed by atoms with van der Waals surface area (Å²) in [5.41, 5.74) is 2.47. The molecule has 2 N–H and O–H groups in total. The van der Waals surface area contributed by atoms with Crippen LogP contribution in [0.15, 0.2) is 59.1 Å². The van der Waals surface area contributed by atoms with Crippen LogP contribution in [-0.2, 0) is 16.1 Å². The van der Waals surface area contributed by atoms with E-state index in [-0.39, 0.29) is 12.5 Å². The number of nitrogens with zero attached hydrogens (tertiary/aromatic N) is 2. The Balaban J connectivity index is 1.50. The zero-order valence-electron chi connectivity index (χ0n) is 15.5. The highest BCUT2D eigenvalue weighted by atomic mass is 16.6. The van der Waals surface area contributed by atoms with E-state index >= 15 is 0 Å². The fraction of sp³-hybridized carbons (Fsp3) is 0.200. The van der Waals surface area contributed by atoms with Gasteiger partial charge in [0.1, 0.15) is 6.04 Å². The Morgan fingerprint density at radius 2 is 1.82 bits per heavy atom. The Hall–Kier alpha value is -3.68. The van der Waals surface area contributed by atoms with Crippen molar-refractivity contribution in [3.63, 3.8) is 0 Å². The molecule has 0 fully saturated rings. The molecule has 0 unspecified atom stereocenters. The van der Waals surface area contributed by atoms with Gasteiger partial charge in [0.2, 0.25) is 5.82 Å². The largest absolute Gasteiger partial charge is 0.454 e. The molecule has 2 aromatic carbocycles. The summed E-state index contributed by atoms with van der Waals surface area (Å²) in [5, 5.41) is 9.05. The maximum Gasteiger partial charge on any atom is 0.328 e. The Labute approximate surface area is 161 Å². The molecule has 1 aromatic heterocycles. The summed E-state index contributed by atoms with van der Waals surface area (Å²) in [7, 11) is 0. The topological polar surface area (TPSA) is 106 Å². The third-order valence-corrected chi connectivity index (χ3v) is 3.92. The first kappa shape index (κ1) is 19.1. The van der Waals surface area contributed by atoms with Gasteiger partial charge in [0, 0.05) is 11.3 Å². The molecule has 0 aliphatic rings. The molecule has 0 aliphatic carbocycles. The molecule has 0 saturated carbocycles. The number of aryl methyl sites for hydroxylation is 1. The molecule has 8 heteroatoms. The van der Waals surface area contributed by atoms with Gasteiger partial charge in [-0.2, -0.15) is 4.98 Å². The van der Waals surface area contributed by atoms with Gasteiger partial charge < -0.3 is 19.9 Å². The number of rotatable bonds is 6. The van der Waals surface area contributed by atoms with E-state index < -0.39 is 18.0 Å². The van der Waals surface area contributed by atoms with Crippen molar-refractivity contribution >= 4 is 17.7 Å². The van der Waals surface area contributed by atoms with Crippen molar-refractivity contribution in [2.45, 2.75) is 26.5 Å². The predicted octanol–water partition coefficient (Wildman–Crippen LogP) is 3.30. The summed E-state index contributed by atoms with van der Waals surface area (Å²) in [6.45, 7) is 3.29. The molecule has 3 aromatic rings. The van der Waals surface area contributed by atoms with Gasteiger partial charge in [-0.3, -0.25) is 0 Å². The number of aromatic nitrogens is 2. The summed E-state index contributed by atoms with van der Waals surface area (Å²) < 4.78 is 10.3. The van der Waals surface area contributed by atoms with Crippen molar-refractivity contribution in [1.29, 1.82) is 0 Å². The molecule has 1 atom stereocenters. The second-order valence-electron chi connectivity index (χ2n) is 6.12. The van der Waals surface area contributed by atoms with Crippen LogP contribution in [0.5, 0.6) is 0 Å². The van der Waals surface area contributed by atoms with Crippen LogP contribution in [-0.4, -0.2) is 28.2 Å². The van der Waals surface area contributed by atoms with Gasteiger partial charge in [-0.25, -0.2) is 9.59 Å². The maximum absolute atomic E-state index is 12.1. The number of carbonyl (C=O) groups is 2. The molecule has 144 valence electrons. The highest BCUT2D eigenvalue weighted by Gasteiger charge is 2.19. The first-order valence-corrected chi connectivity index (χ1v) is 8.70. The number of hydrogen-bond donors (Lipinski definition) is 2. The lowest BCUT2D eigenvalue weighted by atomic mass is 10.1. The first-order chi connectivity index (χ1) is 13.5. The molecule has 0 aliphatic heterocycles. The van der Waals surface area contributed by atoms with Crippen molar-refractivity contribution in [3.8, 4) is 11.4 Å². The van der Waals surface area contributed by atoms with Gasteiger partial charge in [-0.05, 0) is 31.5 Å². The Kier molecular flexibility index (Phi) is 6.01. The van der Waals surface area contributed by atoms with E-state index in [1.807, 2.05) is 37.3 Å². The van der Waals surface area contributed by atoms with Gasteiger partial charge in [-0.15, -0.1) is 0 Å². The van der Waals surface area contributed by atoms with Crippen LogP contribution >= 0.6 is 0 Å². The fourth-order valence-electron chi connectivity index (χ4n) is 2.45. The third-order valence-electron chi connectivity index (χ3n) is 3.92. The number of para-hydroxylation sites is 1. The van der Waals surface area contributed by atoms with Crippen LogP contribution in [0.25, 0.3) is 11.4 Å². The molecule has 1 heterocycles. The van der Waals surface area contributed by atoms with Crippen LogP contribution in [0.3, 0.4) is 0 Å². The number of carbonyl (C=O) groups excluding carboxylic acids is 2. The van der Waals surface area contributed by atoms with Crippen molar-refractivity contribution < 1.29 is 18.8 Å². The number of amides is 2. The molecule has 28 heavy (non-hydrogen) atoms. The number of anilines is 1. The SMILES string of the molecule is Cc1ccccc1-c1noc(COC(=O)[C@@H](C)NC(=O)Nc2ccccc2)n1. The molecular formula is C20H20N4O4. The summed E-state index contributed by atoms with van der Waals surface area (Å²) in [6.07, 6.45) is 0. The lowest BCUT2D eigenvalue weighted by molar-refractivity contribution is -0.147. The van der Waals surface area contributed by atoms with E-state index in [2.05, 4.69) is 20.8 Å². The fourth-order valence-corrected chi connectivity index (χ4v) is 2.45. The lowest BCUT2D eigenvalue weighted by Crippen LogP contribution is -2.41. The third kappa shape index (κ3) is 4.94. The monoisotopic (exact) mass is 380 g/mol. The Morgan fingerprint density at radius 1 is 1.11 bits per heavy atom. The van der Waals surface area contributed by atoms with Gasteiger partial charge in [0.25, 0.3) is 5.89 Å². The van der Waals surface area contributed by atoms with Gasteiger partial charge in [0.15, 0.2) is 6.61 Å². The molecule has 8 nitrogen and oxygen atoms in total. The summed E-state index contributed by atoms with van der Waals surface area (Å²) in [4.78, 5) is 28.2. The van der Waals surface area contributed by atoms with Gasteiger partial charge >= 0.3 is 12.0 Å². The van der Waals surface area contributed by atoms with Gasteiger partial charge in [-0.1, -0.05) is 47.6 Å². The Morgan fingerprint density at radius 3 is 2.57 bits per heavy atom. The van der Waals surface area contributed by atoms with Crippen molar-refractivity contribution in [1.82, 2.24) is 15.5 Å². The average molecular weight is 380 g/mol. The second kappa shape index (κ2) is 8.81. The number of urea groups is 1. The van der Waals surface area contributed by atoms with Crippen molar-refractivity contribution in [2.24, 2.45) is 0 Å².